The molecule has 26 heavy (non-hydrogen) atoms. The van der Waals surface area contributed by atoms with Crippen molar-refractivity contribution in [3.05, 3.63) is 20.8 Å². The Hall–Kier alpha value is -1.38. The van der Waals surface area contributed by atoms with Crippen LogP contribution in [0.15, 0.2) is 9.95 Å². The molecule has 0 N–H and O–H groups in total. The van der Waals surface area contributed by atoms with E-state index in [0.29, 0.717) is 18.2 Å². The highest BCUT2D eigenvalue weighted by Gasteiger charge is 2.27. The summed E-state index contributed by atoms with van der Waals surface area (Å²) in [6, 6.07) is 0. The third-order valence-electron chi connectivity index (χ3n) is 5.00. The van der Waals surface area contributed by atoms with Crippen LogP contribution in [0.1, 0.15) is 30.7 Å². The quantitative estimate of drug-likeness (QED) is 0.591. The highest BCUT2D eigenvalue weighted by molar-refractivity contribution is 7.99. The molecule has 0 spiro atoms. The number of ether oxygens (including phenoxy) is 1. The molecule has 1 aliphatic heterocycles. The normalized spacial score (nSPS) is 22.8. The maximum atomic E-state index is 12.8. The van der Waals surface area contributed by atoms with E-state index >= 15 is 0 Å². The second kappa shape index (κ2) is 6.98. The third kappa shape index (κ3) is 3.18. The average Bonchev–Trinajstić information content (AvgIpc) is 3.16. The van der Waals surface area contributed by atoms with Crippen molar-refractivity contribution in [1.82, 2.24) is 14.5 Å². The molecule has 2 aromatic rings. The molecule has 0 saturated carbocycles. The number of hydrogen-bond acceptors (Lipinski definition) is 6. The predicted molar refractivity (Wildman–Crippen MR) is 104 cm³/mol. The van der Waals surface area contributed by atoms with Crippen molar-refractivity contribution in [2.24, 2.45) is 7.05 Å². The number of morpholine rings is 1. The first-order valence-corrected chi connectivity index (χ1v) is 10.8. The van der Waals surface area contributed by atoms with E-state index in [9.17, 15) is 9.59 Å². The number of hydrogen-bond donors (Lipinski definition) is 0. The summed E-state index contributed by atoms with van der Waals surface area (Å²) in [6.45, 7) is 5.20. The summed E-state index contributed by atoms with van der Waals surface area (Å²) in [5.74, 6) is 0.357. The Balaban J connectivity index is 1.53. The SMILES string of the molecule is C[C@@H]1CN(C(=O)CSc2nc3sc4c(c3c(=O)n2C)CCC4)C[C@H](C)O1. The minimum atomic E-state index is 0.0120. The van der Waals surface area contributed by atoms with Crippen LogP contribution in [0.3, 0.4) is 0 Å². The maximum Gasteiger partial charge on any atom is 0.262 e. The Morgan fingerprint density at radius 3 is 2.77 bits per heavy atom. The van der Waals surface area contributed by atoms with E-state index in [4.69, 9.17) is 9.72 Å². The summed E-state index contributed by atoms with van der Waals surface area (Å²) in [4.78, 5) is 34.0. The number of fused-ring (bicyclic) bond motifs is 3. The molecule has 2 aliphatic rings. The van der Waals surface area contributed by atoms with Gasteiger partial charge in [0.05, 0.1) is 23.3 Å². The van der Waals surface area contributed by atoms with Crippen LogP contribution in [-0.2, 0) is 29.4 Å². The van der Waals surface area contributed by atoms with Crippen LogP contribution in [0.4, 0.5) is 0 Å². The Morgan fingerprint density at radius 2 is 2.04 bits per heavy atom. The molecule has 140 valence electrons. The van der Waals surface area contributed by atoms with Crippen molar-refractivity contribution in [3.63, 3.8) is 0 Å². The summed E-state index contributed by atoms with van der Waals surface area (Å²) in [5.41, 5.74) is 1.21. The molecule has 1 amide bonds. The molecule has 3 heterocycles. The zero-order valence-electron chi connectivity index (χ0n) is 15.3. The smallest absolute Gasteiger partial charge is 0.262 e. The lowest BCUT2D eigenvalue weighted by Crippen LogP contribution is -2.48. The highest BCUT2D eigenvalue weighted by atomic mass is 32.2. The van der Waals surface area contributed by atoms with Crippen LogP contribution >= 0.6 is 23.1 Å². The number of carbonyl (C=O) groups excluding carboxylic acids is 1. The van der Waals surface area contributed by atoms with E-state index in [2.05, 4.69) is 0 Å². The van der Waals surface area contributed by atoms with E-state index in [1.165, 1.54) is 22.2 Å². The summed E-state index contributed by atoms with van der Waals surface area (Å²) in [5, 5.41) is 1.40. The number of thiophene rings is 1. The van der Waals surface area contributed by atoms with Gasteiger partial charge < -0.3 is 9.64 Å². The molecule has 1 aliphatic carbocycles. The molecular weight excluding hydrogens is 370 g/mol. The largest absolute Gasteiger partial charge is 0.372 e. The van der Waals surface area contributed by atoms with E-state index in [1.807, 2.05) is 18.7 Å². The van der Waals surface area contributed by atoms with Gasteiger partial charge >= 0.3 is 0 Å². The van der Waals surface area contributed by atoms with E-state index in [-0.39, 0.29) is 29.4 Å². The van der Waals surface area contributed by atoms with Crippen LogP contribution < -0.4 is 5.56 Å². The van der Waals surface area contributed by atoms with Gasteiger partial charge in [0.2, 0.25) is 5.91 Å². The number of amides is 1. The lowest BCUT2D eigenvalue weighted by atomic mass is 10.2. The van der Waals surface area contributed by atoms with Gasteiger partial charge in [0.1, 0.15) is 4.83 Å². The molecule has 0 aromatic carbocycles. The molecule has 2 atom stereocenters. The Labute approximate surface area is 160 Å². The van der Waals surface area contributed by atoms with Gasteiger partial charge in [-0.15, -0.1) is 11.3 Å². The fourth-order valence-corrected chi connectivity index (χ4v) is 6.01. The summed E-state index contributed by atoms with van der Waals surface area (Å²) in [6.07, 6.45) is 3.26. The molecule has 2 aromatic heterocycles. The first-order chi connectivity index (χ1) is 12.4. The Morgan fingerprint density at radius 1 is 1.31 bits per heavy atom. The molecule has 1 saturated heterocycles. The van der Waals surface area contributed by atoms with Gasteiger partial charge in [-0.1, -0.05) is 11.8 Å². The van der Waals surface area contributed by atoms with Gasteiger partial charge in [-0.3, -0.25) is 14.2 Å². The van der Waals surface area contributed by atoms with Crippen LogP contribution in [0.25, 0.3) is 10.2 Å². The van der Waals surface area contributed by atoms with Crippen molar-refractivity contribution in [2.75, 3.05) is 18.8 Å². The minimum Gasteiger partial charge on any atom is -0.372 e. The van der Waals surface area contributed by atoms with Gasteiger partial charge in [-0.2, -0.15) is 0 Å². The second-order valence-electron chi connectivity index (χ2n) is 7.14. The number of carbonyl (C=O) groups is 1. The highest BCUT2D eigenvalue weighted by Crippen LogP contribution is 2.35. The van der Waals surface area contributed by atoms with Crippen LogP contribution in [0.2, 0.25) is 0 Å². The van der Waals surface area contributed by atoms with Gasteiger partial charge in [0.15, 0.2) is 5.16 Å². The van der Waals surface area contributed by atoms with Crippen LogP contribution in [-0.4, -0.2) is 51.4 Å². The molecule has 8 heteroatoms. The topological polar surface area (TPSA) is 64.4 Å². The number of aromatic nitrogens is 2. The summed E-state index contributed by atoms with van der Waals surface area (Å²) in [7, 11) is 1.75. The van der Waals surface area contributed by atoms with Gasteiger partial charge in [0.25, 0.3) is 5.56 Å². The first kappa shape index (κ1) is 18.0. The van der Waals surface area contributed by atoms with Crippen molar-refractivity contribution in [2.45, 2.75) is 50.5 Å². The van der Waals surface area contributed by atoms with Crippen LogP contribution in [0.5, 0.6) is 0 Å². The zero-order valence-corrected chi connectivity index (χ0v) is 16.9. The number of thioether (sulfide) groups is 1. The molecule has 6 nitrogen and oxygen atoms in total. The third-order valence-corrected chi connectivity index (χ3v) is 7.20. The van der Waals surface area contributed by atoms with Gasteiger partial charge in [-0.25, -0.2) is 4.98 Å². The van der Waals surface area contributed by atoms with Gasteiger partial charge in [-0.05, 0) is 38.7 Å². The number of nitrogens with zero attached hydrogens (tertiary/aromatic N) is 3. The van der Waals surface area contributed by atoms with Gasteiger partial charge in [0, 0.05) is 25.0 Å². The Bertz CT molecular complexity index is 911. The molecule has 0 unspecified atom stereocenters. The minimum absolute atomic E-state index is 0.0120. The van der Waals surface area contributed by atoms with Crippen LogP contribution in [0, 0.1) is 0 Å². The fraction of sp³-hybridized carbons (Fsp3) is 0.611. The average molecular weight is 394 g/mol. The summed E-state index contributed by atoms with van der Waals surface area (Å²) < 4.78 is 7.28. The monoisotopic (exact) mass is 393 g/mol. The molecule has 0 bridgehead atoms. The molecule has 1 fully saturated rings. The molecule has 4 rings (SSSR count). The molecule has 0 radical (unpaired) electrons. The second-order valence-corrected chi connectivity index (χ2v) is 9.17. The fourth-order valence-electron chi connectivity index (χ4n) is 3.83. The van der Waals surface area contributed by atoms with Crippen molar-refractivity contribution in [1.29, 1.82) is 0 Å². The maximum absolute atomic E-state index is 12.8. The molecular formula is C18H23N3O3S2. The number of rotatable bonds is 3. The lowest BCUT2D eigenvalue weighted by Gasteiger charge is -2.35. The van der Waals surface area contributed by atoms with E-state index in [1.54, 1.807) is 23.0 Å². The zero-order chi connectivity index (χ0) is 18.4. The van der Waals surface area contributed by atoms with E-state index in [0.717, 1.165) is 29.5 Å². The lowest BCUT2D eigenvalue weighted by molar-refractivity contribution is -0.140. The Kier molecular flexibility index (Phi) is 4.83. The van der Waals surface area contributed by atoms with E-state index < -0.39 is 0 Å². The first-order valence-electron chi connectivity index (χ1n) is 9.01. The van der Waals surface area contributed by atoms with Crippen molar-refractivity contribution < 1.29 is 9.53 Å². The van der Waals surface area contributed by atoms with Crippen molar-refractivity contribution in [3.8, 4) is 0 Å². The van der Waals surface area contributed by atoms with Crippen molar-refractivity contribution >= 4 is 39.2 Å². The number of aryl methyl sites for hydroxylation is 2. The predicted octanol–water partition coefficient (Wildman–Crippen LogP) is 2.21. The summed E-state index contributed by atoms with van der Waals surface area (Å²) >= 11 is 2.98. The standard InChI is InChI=1S/C18H23N3O3S2/c1-10-7-21(8-11(2)24-10)14(22)9-25-18-19-16-15(17(23)20(18)3)12-5-4-6-13(12)26-16/h10-11H,4-9H2,1-3H3/t10-,11+.